The molecule has 0 saturated heterocycles. The summed E-state index contributed by atoms with van der Waals surface area (Å²) in [5.41, 5.74) is 8.94. The predicted molar refractivity (Wildman–Crippen MR) is 79.9 cm³/mol. The van der Waals surface area contributed by atoms with Crippen LogP contribution in [0.25, 0.3) is 22.0 Å². The maximum Gasteiger partial charge on any atom is 0.141 e. The summed E-state index contributed by atoms with van der Waals surface area (Å²) in [5, 5.41) is 0.885. The second-order valence-electron chi connectivity index (χ2n) is 4.41. The summed E-state index contributed by atoms with van der Waals surface area (Å²) in [7, 11) is 0. The molecule has 0 fully saturated rings. The summed E-state index contributed by atoms with van der Waals surface area (Å²) in [5.74, 6) is -0.349. The van der Waals surface area contributed by atoms with Crippen molar-refractivity contribution in [2.75, 3.05) is 5.73 Å². The third-order valence-electron chi connectivity index (χ3n) is 2.90. The van der Waals surface area contributed by atoms with E-state index in [2.05, 4.69) is 9.97 Å². The topological polar surface area (TPSA) is 51.8 Å². The van der Waals surface area contributed by atoms with Crippen LogP contribution < -0.4 is 5.73 Å². The van der Waals surface area contributed by atoms with Crippen molar-refractivity contribution in [3.63, 3.8) is 0 Å². The molecule has 0 aliphatic rings. The lowest BCUT2D eigenvalue weighted by molar-refractivity contribution is 0.622. The minimum atomic E-state index is -0.349. The minimum absolute atomic E-state index is 0.349. The smallest absolute Gasteiger partial charge is 0.141 e. The summed E-state index contributed by atoms with van der Waals surface area (Å²) < 4.78 is 12.9. The Morgan fingerprint density at radius 2 is 2.05 bits per heavy atom. The first-order chi connectivity index (χ1) is 9.63. The van der Waals surface area contributed by atoms with Crippen LogP contribution in [0, 0.1) is 12.7 Å². The summed E-state index contributed by atoms with van der Waals surface area (Å²) in [6, 6.07) is 10.6. The van der Waals surface area contributed by atoms with Gasteiger partial charge in [-0.25, -0.2) is 9.37 Å². The van der Waals surface area contributed by atoms with Gasteiger partial charge in [0.25, 0.3) is 0 Å². The van der Waals surface area contributed by atoms with Crippen LogP contribution in [0.1, 0.15) is 4.88 Å². The van der Waals surface area contributed by atoms with E-state index in [1.807, 2.05) is 31.2 Å². The number of rotatable bonds is 2. The number of anilines is 1. The molecule has 0 unspecified atom stereocenters. The highest BCUT2D eigenvalue weighted by atomic mass is 32.1. The zero-order valence-corrected chi connectivity index (χ0v) is 11.6. The van der Waals surface area contributed by atoms with Gasteiger partial charge in [-0.05, 0) is 31.2 Å². The highest BCUT2D eigenvalue weighted by molar-refractivity contribution is 7.15. The molecule has 0 amide bonds. The van der Waals surface area contributed by atoms with Gasteiger partial charge in [-0.1, -0.05) is 12.1 Å². The van der Waals surface area contributed by atoms with E-state index in [9.17, 15) is 4.39 Å². The lowest BCUT2D eigenvalue weighted by Gasteiger charge is -1.98. The van der Waals surface area contributed by atoms with E-state index in [1.165, 1.54) is 12.3 Å². The normalized spacial score (nSPS) is 10.7. The van der Waals surface area contributed by atoms with Gasteiger partial charge in [0.05, 0.1) is 11.9 Å². The van der Waals surface area contributed by atoms with Crippen LogP contribution in [0.3, 0.4) is 0 Å². The number of thiazole rings is 1. The van der Waals surface area contributed by atoms with Crippen LogP contribution in [0.5, 0.6) is 0 Å². The molecule has 20 heavy (non-hydrogen) atoms. The van der Waals surface area contributed by atoms with E-state index in [4.69, 9.17) is 5.73 Å². The second-order valence-corrected chi connectivity index (χ2v) is 5.61. The largest absolute Gasteiger partial charge is 0.399 e. The van der Waals surface area contributed by atoms with Crippen LogP contribution in [0.2, 0.25) is 0 Å². The lowest BCUT2D eigenvalue weighted by Crippen LogP contribution is -1.87. The Kier molecular flexibility index (Phi) is 3.20. The standard InChI is InChI=1S/C15H12FN3S/c1-9-14(13-6-5-11(16)8-18-13)19-15(20-9)10-3-2-4-12(17)7-10/h2-8H,17H2,1H3. The Hall–Kier alpha value is -2.27. The quantitative estimate of drug-likeness (QED) is 0.726. The average Bonchev–Trinajstić information content (AvgIpc) is 2.82. The summed E-state index contributed by atoms with van der Waals surface area (Å²) in [6.07, 6.45) is 1.20. The number of nitrogen functional groups attached to an aromatic ring is 1. The molecule has 0 atom stereocenters. The molecule has 3 nitrogen and oxygen atoms in total. The Labute approximate surface area is 119 Å². The van der Waals surface area contributed by atoms with Gasteiger partial charge in [0.2, 0.25) is 0 Å². The first kappa shape index (κ1) is 12.7. The van der Waals surface area contributed by atoms with Crippen molar-refractivity contribution < 1.29 is 4.39 Å². The van der Waals surface area contributed by atoms with Gasteiger partial charge in [0.15, 0.2) is 0 Å². The molecule has 1 aromatic carbocycles. The molecule has 2 heterocycles. The Morgan fingerprint density at radius 3 is 2.75 bits per heavy atom. The van der Waals surface area contributed by atoms with Crippen LogP contribution in [0.4, 0.5) is 10.1 Å². The minimum Gasteiger partial charge on any atom is -0.399 e. The molecular weight excluding hydrogens is 273 g/mol. The number of aryl methyl sites for hydroxylation is 1. The molecular formula is C15H12FN3S. The highest BCUT2D eigenvalue weighted by Crippen LogP contribution is 2.32. The molecule has 0 bridgehead atoms. The number of pyridine rings is 1. The number of aromatic nitrogens is 2. The zero-order chi connectivity index (χ0) is 14.1. The molecule has 3 rings (SSSR count). The molecule has 0 saturated carbocycles. The van der Waals surface area contributed by atoms with Crippen molar-refractivity contribution in [1.29, 1.82) is 0 Å². The maximum absolute atomic E-state index is 12.9. The molecule has 0 aliphatic carbocycles. The van der Waals surface area contributed by atoms with Crippen molar-refractivity contribution >= 4 is 17.0 Å². The molecule has 2 N–H and O–H groups in total. The molecule has 0 aliphatic heterocycles. The third kappa shape index (κ3) is 2.40. The van der Waals surface area contributed by atoms with Gasteiger partial charge in [-0.3, -0.25) is 4.98 Å². The van der Waals surface area contributed by atoms with E-state index >= 15 is 0 Å². The first-order valence-corrected chi connectivity index (χ1v) is 6.90. The molecule has 0 radical (unpaired) electrons. The Bertz CT molecular complexity index is 750. The van der Waals surface area contributed by atoms with Gasteiger partial charge in [-0.2, -0.15) is 0 Å². The third-order valence-corrected chi connectivity index (χ3v) is 3.92. The van der Waals surface area contributed by atoms with Gasteiger partial charge < -0.3 is 5.73 Å². The second kappa shape index (κ2) is 5.02. The molecule has 5 heteroatoms. The van der Waals surface area contributed by atoms with Crippen LogP contribution >= 0.6 is 11.3 Å². The predicted octanol–water partition coefficient (Wildman–Crippen LogP) is 3.90. The fourth-order valence-corrected chi connectivity index (χ4v) is 2.86. The SMILES string of the molecule is Cc1sc(-c2cccc(N)c2)nc1-c1ccc(F)cn1. The summed E-state index contributed by atoms with van der Waals surface area (Å²) in [6.45, 7) is 1.98. The number of nitrogens with two attached hydrogens (primary N) is 1. The molecule has 100 valence electrons. The van der Waals surface area contributed by atoms with E-state index in [0.29, 0.717) is 11.4 Å². The number of halogens is 1. The van der Waals surface area contributed by atoms with Gasteiger partial charge >= 0.3 is 0 Å². The van der Waals surface area contributed by atoms with Gasteiger partial charge in [-0.15, -0.1) is 11.3 Å². The number of benzene rings is 1. The van der Waals surface area contributed by atoms with E-state index in [1.54, 1.807) is 17.4 Å². The fourth-order valence-electron chi connectivity index (χ4n) is 1.95. The van der Waals surface area contributed by atoms with Crippen molar-refractivity contribution in [3.05, 3.63) is 53.3 Å². The number of hydrogen-bond donors (Lipinski definition) is 1. The van der Waals surface area contributed by atoms with E-state index in [0.717, 1.165) is 21.1 Å². The first-order valence-electron chi connectivity index (χ1n) is 6.09. The van der Waals surface area contributed by atoms with Gasteiger partial charge in [0.1, 0.15) is 16.5 Å². The van der Waals surface area contributed by atoms with Crippen LogP contribution in [-0.2, 0) is 0 Å². The maximum atomic E-state index is 12.9. The monoisotopic (exact) mass is 285 g/mol. The average molecular weight is 285 g/mol. The van der Waals surface area contributed by atoms with Crippen molar-refractivity contribution in [1.82, 2.24) is 9.97 Å². The molecule has 3 aromatic rings. The lowest BCUT2D eigenvalue weighted by atomic mass is 10.2. The zero-order valence-electron chi connectivity index (χ0n) is 10.8. The summed E-state index contributed by atoms with van der Waals surface area (Å²) in [4.78, 5) is 9.72. The van der Waals surface area contributed by atoms with Crippen molar-refractivity contribution in [2.24, 2.45) is 0 Å². The Balaban J connectivity index is 2.05. The fraction of sp³-hybridized carbons (Fsp3) is 0.0667. The van der Waals surface area contributed by atoms with Crippen LogP contribution in [-0.4, -0.2) is 9.97 Å². The van der Waals surface area contributed by atoms with Crippen molar-refractivity contribution in [2.45, 2.75) is 6.92 Å². The number of hydrogen-bond acceptors (Lipinski definition) is 4. The molecule has 2 aromatic heterocycles. The Morgan fingerprint density at radius 1 is 1.20 bits per heavy atom. The van der Waals surface area contributed by atoms with E-state index < -0.39 is 0 Å². The number of nitrogens with zero attached hydrogens (tertiary/aromatic N) is 2. The molecule has 0 spiro atoms. The summed E-state index contributed by atoms with van der Waals surface area (Å²) >= 11 is 1.57. The van der Waals surface area contributed by atoms with Crippen LogP contribution in [0.15, 0.2) is 42.6 Å². The van der Waals surface area contributed by atoms with Crippen molar-refractivity contribution in [3.8, 4) is 22.0 Å². The highest BCUT2D eigenvalue weighted by Gasteiger charge is 2.12. The van der Waals surface area contributed by atoms with E-state index in [-0.39, 0.29) is 5.82 Å². The van der Waals surface area contributed by atoms with Gasteiger partial charge in [0, 0.05) is 16.1 Å².